The minimum atomic E-state index is -0.333. The Kier molecular flexibility index (Phi) is 4.07. The number of amides is 1. The molecule has 0 saturated carbocycles. The second-order valence-electron chi connectivity index (χ2n) is 4.31. The zero-order chi connectivity index (χ0) is 13.8. The van der Waals surface area contributed by atoms with Crippen molar-refractivity contribution in [1.82, 2.24) is 0 Å². The molecule has 2 aromatic carbocycles. The second-order valence-corrected chi connectivity index (χ2v) is 4.57. The Morgan fingerprint density at radius 2 is 1.89 bits per heavy atom. The van der Waals surface area contributed by atoms with Gasteiger partial charge < -0.3 is 10.4 Å². The van der Waals surface area contributed by atoms with Gasteiger partial charge >= 0.3 is 0 Å². The fraction of sp³-hybridized carbons (Fsp3) is 0.133. The summed E-state index contributed by atoms with van der Waals surface area (Å²) in [7, 11) is 0. The maximum absolute atomic E-state index is 12.0. The molecule has 2 aromatic rings. The molecule has 0 atom stereocenters. The van der Waals surface area contributed by atoms with Crippen LogP contribution in [0.15, 0.2) is 42.5 Å². The highest BCUT2D eigenvalue weighted by Gasteiger charge is 2.11. The Labute approximate surface area is 116 Å². The van der Waals surface area contributed by atoms with E-state index in [0.717, 1.165) is 11.1 Å². The van der Waals surface area contributed by atoms with Gasteiger partial charge in [0.15, 0.2) is 0 Å². The number of hydrogen-bond acceptors (Lipinski definition) is 2. The van der Waals surface area contributed by atoms with Crippen molar-refractivity contribution in [3.63, 3.8) is 0 Å². The number of carbonyl (C=O) groups is 1. The number of aryl methyl sites for hydroxylation is 1. The highest BCUT2D eigenvalue weighted by molar-refractivity contribution is 6.17. The van der Waals surface area contributed by atoms with Gasteiger partial charge in [-0.3, -0.25) is 4.79 Å². The van der Waals surface area contributed by atoms with E-state index in [1.54, 1.807) is 24.3 Å². The first-order valence-electron chi connectivity index (χ1n) is 5.86. The topological polar surface area (TPSA) is 49.3 Å². The average molecular weight is 276 g/mol. The number of rotatable bonds is 3. The summed E-state index contributed by atoms with van der Waals surface area (Å²) in [4.78, 5) is 12.0. The Morgan fingerprint density at radius 3 is 2.53 bits per heavy atom. The van der Waals surface area contributed by atoms with Crippen LogP contribution in [0.2, 0.25) is 0 Å². The SMILES string of the molecule is Cc1ccc(O)c(C(=O)Nc2ccc(CCl)cc2)c1. The van der Waals surface area contributed by atoms with Crippen LogP contribution in [0, 0.1) is 6.92 Å². The predicted molar refractivity (Wildman–Crippen MR) is 76.8 cm³/mol. The van der Waals surface area contributed by atoms with Gasteiger partial charge in [-0.2, -0.15) is 0 Å². The van der Waals surface area contributed by atoms with E-state index in [1.807, 2.05) is 19.1 Å². The number of hydrogen-bond donors (Lipinski definition) is 2. The van der Waals surface area contributed by atoms with Crippen LogP contribution in [0.5, 0.6) is 5.75 Å². The molecule has 2 rings (SSSR count). The largest absolute Gasteiger partial charge is 0.507 e. The summed E-state index contributed by atoms with van der Waals surface area (Å²) < 4.78 is 0. The molecule has 1 amide bonds. The molecule has 0 unspecified atom stereocenters. The van der Waals surface area contributed by atoms with E-state index in [1.165, 1.54) is 6.07 Å². The van der Waals surface area contributed by atoms with Gasteiger partial charge in [0, 0.05) is 11.6 Å². The molecule has 0 aliphatic heterocycles. The Balaban J connectivity index is 2.18. The predicted octanol–water partition coefficient (Wildman–Crippen LogP) is 3.69. The van der Waals surface area contributed by atoms with Crippen LogP contribution in [-0.4, -0.2) is 11.0 Å². The summed E-state index contributed by atoms with van der Waals surface area (Å²) in [5.41, 5.74) is 2.83. The minimum Gasteiger partial charge on any atom is -0.507 e. The minimum absolute atomic E-state index is 0.0273. The van der Waals surface area contributed by atoms with Gasteiger partial charge in [-0.15, -0.1) is 11.6 Å². The monoisotopic (exact) mass is 275 g/mol. The van der Waals surface area contributed by atoms with E-state index in [4.69, 9.17) is 11.6 Å². The van der Waals surface area contributed by atoms with Crippen molar-refractivity contribution in [3.05, 3.63) is 59.2 Å². The fourth-order valence-electron chi connectivity index (χ4n) is 1.71. The van der Waals surface area contributed by atoms with Crippen molar-refractivity contribution >= 4 is 23.2 Å². The van der Waals surface area contributed by atoms with E-state index in [-0.39, 0.29) is 17.2 Å². The number of phenols is 1. The molecule has 0 aromatic heterocycles. The van der Waals surface area contributed by atoms with Crippen molar-refractivity contribution in [2.45, 2.75) is 12.8 Å². The van der Waals surface area contributed by atoms with Crippen LogP contribution < -0.4 is 5.32 Å². The number of carbonyl (C=O) groups excluding carboxylic acids is 1. The lowest BCUT2D eigenvalue weighted by Crippen LogP contribution is -2.12. The van der Waals surface area contributed by atoms with E-state index in [0.29, 0.717) is 11.6 Å². The molecule has 0 spiro atoms. The maximum atomic E-state index is 12.0. The Hall–Kier alpha value is -2.00. The van der Waals surface area contributed by atoms with Gasteiger partial charge in [-0.1, -0.05) is 23.8 Å². The van der Waals surface area contributed by atoms with E-state index < -0.39 is 0 Å². The molecule has 19 heavy (non-hydrogen) atoms. The summed E-state index contributed by atoms with van der Waals surface area (Å²) in [5, 5.41) is 12.4. The first-order valence-corrected chi connectivity index (χ1v) is 6.39. The van der Waals surface area contributed by atoms with Gasteiger partial charge in [0.05, 0.1) is 5.56 Å². The molecule has 0 fully saturated rings. The van der Waals surface area contributed by atoms with Crippen molar-refractivity contribution < 1.29 is 9.90 Å². The lowest BCUT2D eigenvalue weighted by molar-refractivity contribution is 0.102. The number of nitrogens with one attached hydrogen (secondary N) is 1. The maximum Gasteiger partial charge on any atom is 0.259 e. The van der Waals surface area contributed by atoms with E-state index in [2.05, 4.69) is 5.32 Å². The van der Waals surface area contributed by atoms with Crippen molar-refractivity contribution in [1.29, 1.82) is 0 Å². The first-order chi connectivity index (χ1) is 9.10. The highest BCUT2D eigenvalue weighted by Crippen LogP contribution is 2.20. The van der Waals surface area contributed by atoms with Crippen LogP contribution in [0.25, 0.3) is 0 Å². The average Bonchev–Trinajstić information content (AvgIpc) is 2.42. The molecule has 0 bridgehead atoms. The summed E-state index contributed by atoms with van der Waals surface area (Å²) in [6.45, 7) is 1.87. The number of benzene rings is 2. The molecule has 98 valence electrons. The molecule has 4 heteroatoms. The normalized spacial score (nSPS) is 10.2. The first kappa shape index (κ1) is 13.4. The molecular formula is C15H14ClNO2. The van der Waals surface area contributed by atoms with Gasteiger partial charge in [-0.05, 0) is 36.8 Å². The third-order valence-electron chi connectivity index (χ3n) is 2.76. The molecular weight excluding hydrogens is 262 g/mol. The molecule has 0 aliphatic carbocycles. The van der Waals surface area contributed by atoms with Gasteiger partial charge in [0.1, 0.15) is 5.75 Å². The van der Waals surface area contributed by atoms with Gasteiger partial charge in [-0.25, -0.2) is 0 Å². The summed E-state index contributed by atoms with van der Waals surface area (Å²) in [5.74, 6) is 0.0766. The zero-order valence-electron chi connectivity index (χ0n) is 10.5. The van der Waals surface area contributed by atoms with Crippen LogP contribution >= 0.6 is 11.6 Å². The summed E-state index contributed by atoms with van der Waals surface area (Å²) in [6, 6.07) is 12.2. The van der Waals surface area contributed by atoms with Crippen molar-refractivity contribution in [2.75, 3.05) is 5.32 Å². The number of anilines is 1. The molecule has 0 radical (unpaired) electrons. The van der Waals surface area contributed by atoms with Gasteiger partial charge in [0.25, 0.3) is 5.91 Å². The summed E-state index contributed by atoms with van der Waals surface area (Å²) in [6.07, 6.45) is 0. The third kappa shape index (κ3) is 3.26. The Morgan fingerprint density at radius 1 is 1.21 bits per heavy atom. The second kappa shape index (κ2) is 5.76. The molecule has 2 N–H and O–H groups in total. The summed E-state index contributed by atoms with van der Waals surface area (Å²) >= 11 is 5.70. The molecule has 3 nitrogen and oxygen atoms in total. The lowest BCUT2D eigenvalue weighted by atomic mass is 10.1. The zero-order valence-corrected chi connectivity index (χ0v) is 11.2. The van der Waals surface area contributed by atoms with Crippen molar-refractivity contribution in [3.8, 4) is 5.75 Å². The fourth-order valence-corrected chi connectivity index (χ4v) is 1.89. The molecule has 0 aliphatic rings. The van der Waals surface area contributed by atoms with Crippen molar-refractivity contribution in [2.24, 2.45) is 0 Å². The van der Waals surface area contributed by atoms with Crippen LogP contribution in [-0.2, 0) is 5.88 Å². The molecule has 0 saturated heterocycles. The van der Waals surface area contributed by atoms with Gasteiger partial charge in [0.2, 0.25) is 0 Å². The highest BCUT2D eigenvalue weighted by atomic mass is 35.5. The quantitative estimate of drug-likeness (QED) is 0.839. The van der Waals surface area contributed by atoms with E-state index in [9.17, 15) is 9.90 Å². The van der Waals surface area contributed by atoms with Crippen LogP contribution in [0.4, 0.5) is 5.69 Å². The number of alkyl halides is 1. The number of phenolic OH excluding ortho intramolecular Hbond substituents is 1. The van der Waals surface area contributed by atoms with Crippen LogP contribution in [0.3, 0.4) is 0 Å². The Bertz CT molecular complexity index is 594. The van der Waals surface area contributed by atoms with Crippen LogP contribution in [0.1, 0.15) is 21.5 Å². The smallest absolute Gasteiger partial charge is 0.259 e. The number of halogens is 1. The number of aromatic hydroxyl groups is 1. The third-order valence-corrected chi connectivity index (χ3v) is 3.07. The molecule has 0 heterocycles. The standard InChI is InChI=1S/C15H14ClNO2/c1-10-2-7-14(18)13(8-10)15(19)17-12-5-3-11(9-16)4-6-12/h2-8,18H,9H2,1H3,(H,17,19). The lowest BCUT2D eigenvalue weighted by Gasteiger charge is -2.08. The van der Waals surface area contributed by atoms with E-state index >= 15 is 0 Å².